The molecule has 0 saturated heterocycles. The van der Waals surface area contributed by atoms with Crippen LogP contribution in [0.25, 0.3) is 0 Å². The number of hydrogen-bond donors (Lipinski definition) is 3. The smallest absolute Gasteiger partial charge is 0.306 e. The molecular weight excluding hydrogens is 364 g/mol. The van der Waals surface area contributed by atoms with Crippen molar-refractivity contribution in [2.75, 3.05) is 33.0 Å². The van der Waals surface area contributed by atoms with Crippen LogP contribution in [-0.4, -0.2) is 61.9 Å². The molecule has 2 amide bonds. The van der Waals surface area contributed by atoms with Crippen molar-refractivity contribution in [3.05, 3.63) is 12.2 Å². The number of carbonyl (C=O) groups excluding carboxylic acids is 3. The fraction of sp³-hybridized carbons (Fsp3) is 0.750. The summed E-state index contributed by atoms with van der Waals surface area (Å²) in [5.74, 6) is -1.25. The molecule has 28 heavy (non-hydrogen) atoms. The topological polar surface area (TPSA) is 114 Å². The molecule has 0 aliphatic carbocycles. The van der Waals surface area contributed by atoms with Gasteiger partial charge in [0.2, 0.25) is 11.8 Å². The Kier molecular flexibility index (Phi) is 10.8. The minimum atomic E-state index is -0.505. The van der Waals surface area contributed by atoms with Crippen LogP contribution in [0, 0.1) is 11.3 Å². The Morgan fingerprint density at radius 3 is 2.75 bits per heavy atom. The van der Waals surface area contributed by atoms with Crippen molar-refractivity contribution in [2.45, 2.75) is 52.5 Å². The summed E-state index contributed by atoms with van der Waals surface area (Å²) >= 11 is 0. The van der Waals surface area contributed by atoms with Crippen molar-refractivity contribution >= 4 is 17.8 Å². The zero-order valence-corrected chi connectivity index (χ0v) is 17.2. The average molecular weight is 399 g/mol. The summed E-state index contributed by atoms with van der Waals surface area (Å²) in [7, 11) is 0. The maximum Gasteiger partial charge on any atom is 0.306 e. The number of esters is 1. The van der Waals surface area contributed by atoms with E-state index in [0.29, 0.717) is 32.4 Å². The van der Waals surface area contributed by atoms with Crippen LogP contribution < -0.4 is 10.6 Å². The van der Waals surface area contributed by atoms with Gasteiger partial charge in [0.1, 0.15) is 6.61 Å². The molecule has 2 unspecified atom stereocenters. The van der Waals surface area contributed by atoms with E-state index in [2.05, 4.69) is 10.6 Å². The van der Waals surface area contributed by atoms with E-state index in [0.717, 1.165) is 0 Å². The van der Waals surface area contributed by atoms with Gasteiger partial charge in [-0.15, -0.1) is 0 Å². The quantitative estimate of drug-likeness (QED) is 0.334. The number of hydrogen-bond acceptors (Lipinski definition) is 6. The van der Waals surface area contributed by atoms with Crippen molar-refractivity contribution in [2.24, 2.45) is 11.3 Å². The number of cyclic esters (lactones) is 1. The molecule has 0 fully saturated rings. The molecule has 1 heterocycles. The summed E-state index contributed by atoms with van der Waals surface area (Å²) in [6, 6.07) is -0.343. The maximum absolute atomic E-state index is 12.8. The fourth-order valence-electron chi connectivity index (χ4n) is 2.63. The molecule has 0 bridgehead atoms. The molecule has 2 atom stereocenters. The Labute approximate surface area is 167 Å². The molecular formula is C20H34N2O6. The zero-order valence-electron chi connectivity index (χ0n) is 17.2. The van der Waals surface area contributed by atoms with Gasteiger partial charge in [-0.2, -0.15) is 0 Å². The number of carbonyl (C=O) groups is 3. The second kappa shape index (κ2) is 12.5. The van der Waals surface area contributed by atoms with Crippen LogP contribution in [0.2, 0.25) is 0 Å². The molecule has 0 aromatic carbocycles. The summed E-state index contributed by atoms with van der Waals surface area (Å²) < 4.78 is 10.4. The third-order valence-corrected chi connectivity index (χ3v) is 4.48. The lowest BCUT2D eigenvalue weighted by molar-refractivity contribution is -0.146. The summed E-state index contributed by atoms with van der Waals surface area (Å²) in [6.07, 6.45) is 4.99. The highest BCUT2D eigenvalue weighted by molar-refractivity contribution is 5.86. The molecule has 1 aliphatic heterocycles. The van der Waals surface area contributed by atoms with Crippen LogP contribution >= 0.6 is 0 Å². The Balaban J connectivity index is 2.72. The molecule has 0 saturated carbocycles. The number of aliphatic hydroxyl groups is 1. The summed E-state index contributed by atoms with van der Waals surface area (Å²) in [5, 5.41) is 14.3. The zero-order chi connectivity index (χ0) is 21.0. The third kappa shape index (κ3) is 9.85. The highest BCUT2D eigenvalue weighted by Crippen LogP contribution is 2.22. The van der Waals surface area contributed by atoms with Gasteiger partial charge in [0.05, 0.1) is 31.8 Å². The molecule has 0 radical (unpaired) electrons. The van der Waals surface area contributed by atoms with E-state index in [1.165, 1.54) is 0 Å². The number of ether oxygens (including phenoxy) is 2. The molecule has 0 aromatic rings. The van der Waals surface area contributed by atoms with E-state index in [1.54, 1.807) is 0 Å². The molecule has 3 N–H and O–H groups in total. The average Bonchev–Trinajstić information content (AvgIpc) is 2.61. The number of allylic oxidation sites excluding steroid dienone is 2. The Morgan fingerprint density at radius 2 is 2.07 bits per heavy atom. The molecule has 0 aromatic heterocycles. The molecule has 1 aliphatic rings. The van der Waals surface area contributed by atoms with Gasteiger partial charge in [0, 0.05) is 19.4 Å². The van der Waals surface area contributed by atoms with E-state index < -0.39 is 5.92 Å². The number of aliphatic hydroxyl groups excluding tert-OH is 1. The minimum absolute atomic E-state index is 0.0623. The van der Waals surface area contributed by atoms with Gasteiger partial charge in [0.15, 0.2) is 0 Å². The fourth-order valence-corrected chi connectivity index (χ4v) is 2.63. The van der Waals surface area contributed by atoms with Crippen LogP contribution in [0.15, 0.2) is 12.2 Å². The van der Waals surface area contributed by atoms with Crippen LogP contribution in [0.4, 0.5) is 0 Å². The number of amides is 2. The second-order valence-electron chi connectivity index (χ2n) is 7.94. The van der Waals surface area contributed by atoms with Crippen LogP contribution in [-0.2, 0) is 23.9 Å². The Morgan fingerprint density at radius 1 is 1.32 bits per heavy atom. The highest BCUT2D eigenvalue weighted by Gasteiger charge is 2.31. The molecule has 8 nitrogen and oxygen atoms in total. The van der Waals surface area contributed by atoms with Gasteiger partial charge in [-0.1, -0.05) is 32.9 Å². The minimum Gasteiger partial charge on any atom is -0.463 e. The van der Waals surface area contributed by atoms with E-state index in [-0.39, 0.29) is 55.5 Å². The SMILES string of the molecule is CC(C)(C)C1COC(=O)CCC=CCC(CC(=O)NCCOCCO)C(=O)N1. The van der Waals surface area contributed by atoms with Crippen LogP contribution in [0.1, 0.15) is 46.5 Å². The lowest BCUT2D eigenvalue weighted by Crippen LogP contribution is -2.49. The van der Waals surface area contributed by atoms with Gasteiger partial charge in [-0.05, 0) is 18.3 Å². The molecule has 0 spiro atoms. The first kappa shape index (κ1) is 24.1. The van der Waals surface area contributed by atoms with Crippen molar-refractivity contribution in [3.8, 4) is 0 Å². The predicted octanol–water partition coefficient (Wildman–Crippen LogP) is 0.932. The monoisotopic (exact) mass is 398 g/mol. The Hall–Kier alpha value is -1.93. The standard InChI is InChI=1S/C20H34N2O6/c1-20(2,3)16-14-28-18(25)8-6-4-5-7-15(19(26)22-16)13-17(24)21-9-11-27-12-10-23/h4-5,15-16,23H,6-14H2,1-3H3,(H,21,24)(H,22,26). The van der Waals surface area contributed by atoms with Gasteiger partial charge < -0.3 is 25.2 Å². The Bertz CT molecular complexity index is 541. The number of nitrogens with one attached hydrogen (secondary N) is 2. The highest BCUT2D eigenvalue weighted by atomic mass is 16.5. The molecule has 1 rings (SSSR count). The van der Waals surface area contributed by atoms with Crippen LogP contribution in [0.3, 0.4) is 0 Å². The van der Waals surface area contributed by atoms with E-state index in [9.17, 15) is 14.4 Å². The van der Waals surface area contributed by atoms with Crippen molar-refractivity contribution in [1.29, 1.82) is 0 Å². The number of rotatable bonds is 7. The largest absolute Gasteiger partial charge is 0.463 e. The second-order valence-corrected chi connectivity index (χ2v) is 7.94. The van der Waals surface area contributed by atoms with Gasteiger partial charge >= 0.3 is 5.97 Å². The first-order chi connectivity index (χ1) is 13.2. The molecule has 160 valence electrons. The lowest BCUT2D eigenvalue weighted by Gasteiger charge is -2.32. The first-order valence-corrected chi connectivity index (χ1v) is 9.80. The van der Waals surface area contributed by atoms with Crippen molar-refractivity contribution in [3.63, 3.8) is 0 Å². The van der Waals surface area contributed by atoms with Gasteiger partial charge in [0.25, 0.3) is 0 Å². The van der Waals surface area contributed by atoms with E-state index in [1.807, 2.05) is 32.9 Å². The lowest BCUT2D eigenvalue weighted by atomic mass is 9.86. The van der Waals surface area contributed by atoms with E-state index >= 15 is 0 Å². The normalized spacial score (nSPS) is 21.9. The molecule has 8 heteroatoms. The van der Waals surface area contributed by atoms with Crippen molar-refractivity contribution < 1.29 is 29.0 Å². The van der Waals surface area contributed by atoms with Gasteiger partial charge in [-0.3, -0.25) is 14.4 Å². The third-order valence-electron chi connectivity index (χ3n) is 4.48. The summed E-state index contributed by atoms with van der Waals surface area (Å²) in [6.45, 7) is 6.79. The van der Waals surface area contributed by atoms with Crippen molar-refractivity contribution in [1.82, 2.24) is 10.6 Å². The predicted molar refractivity (Wildman–Crippen MR) is 104 cm³/mol. The summed E-state index contributed by atoms with van der Waals surface area (Å²) in [5.41, 5.74) is -0.299. The van der Waals surface area contributed by atoms with E-state index in [4.69, 9.17) is 14.6 Å². The maximum atomic E-state index is 12.8. The van der Waals surface area contributed by atoms with Crippen LogP contribution in [0.5, 0.6) is 0 Å². The summed E-state index contributed by atoms with van der Waals surface area (Å²) in [4.78, 5) is 36.8. The first-order valence-electron chi connectivity index (χ1n) is 9.80. The van der Waals surface area contributed by atoms with Gasteiger partial charge in [-0.25, -0.2) is 0 Å².